The number of carbonyl (C=O) groups excluding carboxylic acids is 1. The van der Waals surface area contributed by atoms with E-state index in [1.54, 1.807) is 18.3 Å². The lowest BCUT2D eigenvalue weighted by Crippen LogP contribution is -2.14. The minimum Gasteiger partial charge on any atom is -0.325 e. The molecule has 0 aliphatic heterocycles. The van der Waals surface area contributed by atoms with Gasteiger partial charge in [0.15, 0.2) is 0 Å². The molecule has 4 heteroatoms. The van der Waals surface area contributed by atoms with E-state index in [1.807, 2.05) is 0 Å². The molecule has 1 aliphatic carbocycles. The molecule has 1 fully saturated rings. The Labute approximate surface area is 113 Å². The lowest BCUT2D eigenvalue weighted by Gasteiger charge is -2.20. The zero-order valence-corrected chi connectivity index (χ0v) is 11.2. The highest BCUT2D eigenvalue weighted by molar-refractivity contribution is 6.29. The molecule has 3 nitrogen and oxygen atoms in total. The van der Waals surface area contributed by atoms with Gasteiger partial charge in [-0.15, -0.1) is 0 Å². The number of rotatable bonds is 4. The highest BCUT2D eigenvalue weighted by Crippen LogP contribution is 2.27. The van der Waals surface area contributed by atoms with Crippen molar-refractivity contribution in [1.82, 2.24) is 4.98 Å². The Kier molecular flexibility index (Phi) is 5.00. The van der Waals surface area contributed by atoms with Crippen LogP contribution in [0.3, 0.4) is 0 Å². The largest absolute Gasteiger partial charge is 0.325 e. The van der Waals surface area contributed by atoms with Gasteiger partial charge in [0.2, 0.25) is 5.91 Å². The van der Waals surface area contributed by atoms with E-state index in [4.69, 9.17) is 11.6 Å². The second-order valence-corrected chi connectivity index (χ2v) is 5.35. The van der Waals surface area contributed by atoms with Gasteiger partial charge in [0, 0.05) is 6.42 Å². The van der Waals surface area contributed by atoms with Crippen molar-refractivity contribution in [3.05, 3.63) is 23.5 Å². The van der Waals surface area contributed by atoms with Gasteiger partial charge >= 0.3 is 0 Å². The molecule has 0 atom stereocenters. The van der Waals surface area contributed by atoms with Gasteiger partial charge in [-0.05, 0) is 24.5 Å². The molecule has 0 radical (unpaired) electrons. The third-order valence-electron chi connectivity index (χ3n) is 3.52. The number of hydrogen-bond acceptors (Lipinski definition) is 2. The minimum absolute atomic E-state index is 0.0738. The fourth-order valence-corrected chi connectivity index (χ4v) is 2.60. The SMILES string of the molecule is O=C(CCC1CCCCC1)Nc1ccc(Cl)nc1. The number of carbonyl (C=O) groups is 1. The first-order valence-electron chi connectivity index (χ1n) is 6.65. The predicted octanol–water partition coefficient (Wildman–Crippen LogP) is 4.03. The van der Waals surface area contributed by atoms with Gasteiger partial charge in [-0.3, -0.25) is 4.79 Å². The summed E-state index contributed by atoms with van der Waals surface area (Å²) in [4.78, 5) is 15.7. The summed E-state index contributed by atoms with van der Waals surface area (Å²) in [7, 11) is 0. The second-order valence-electron chi connectivity index (χ2n) is 4.96. The summed E-state index contributed by atoms with van der Waals surface area (Å²) in [6.07, 6.45) is 9.78. The van der Waals surface area contributed by atoms with E-state index in [-0.39, 0.29) is 5.91 Å². The fourth-order valence-electron chi connectivity index (χ4n) is 2.48. The molecule has 1 aliphatic rings. The summed E-state index contributed by atoms with van der Waals surface area (Å²) < 4.78 is 0. The molecule has 1 aromatic rings. The molecule has 1 N–H and O–H groups in total. The van der Waals surface area contributed by atoms with E-state index >= 15 is 0 Å². The molecular weight excluding hydrogens is 248 g/mol. The summed E-state index contributed by atoms with van der Waals surface area (Å²) >= 11 is 5.69. The summed E-state index contributed by atoms with van der Waals surface area (Å²) in [5.41, 5.74) is 0.716. The van der Waals surface area contributed by atoms with Crippen molar-refractivity contribution in [1.29, 1.82) is 0 Å². The summed E-state index contributed by atoms with van der Waals surface area (Å²) in [5.74, 6) is 0.817. The normalized spacial score (nSPS) is 16.5. The molecule has 1 heterocycles. The van der Waals surface area contributed by atoms with Crippen LogP contribution in [0.2, 0.25) is 5.15 Å². The molecule has 0 bridgehead atoms. The topological polar surface area (TPSA) is 42.0 Å². The molecule has 18 heavy (non-hydrogen) atoms. The lowest BCUT2D eigenvalue weighted by molar-refractivity contribution is -0.116. The van der Waals surface area contributed by atoms with Crippen molar-refractivity contribution in [2.24, 2.45) is 5.92 Å². The molecule has 0 unspecified atom stereocenters. The minimum atomic E-state index is 0.0738. The van der Waals surface area contributed by atoms with Crippen molar-refractivity contribution in [3.63, 3.8) is 0 Å². The highest BCUT2D eigenvalue weighted by atomic mass is 35.5. The van der Waals surface area contributed by atoms with Gasteiger partial charge in [0.1, 0.15) is 5.15 Å². The monoisotopic (exact) mass is 266 g/mol. The van der Waals surface area contributed by atoms with Crippen LogP contribution < -0.4 is 5.32 Å². The maximum absolute atomic E-state index is 11.8. The number of anilines is 1. The molecule has 0 spiro atoms. The van der Waals surface area contributed by atoms with Gasteiger partial charge < -0.3 is 5.32 Å². The maximum atomic E-state index is 11.8. The van der Waals surface area contributed by atoms with Crippen LogP contribution in [0.15, 0.2) is 18.3 Å². The number of amides is 1. The fraction of sp³-hybridized carbons (Fsp3) is 0.571. The maximum Gasteiger partial charge on any atom is 0.224 e. The van der Waals surface area contributed by atoms with Crippen LogP contribution in [-0.4, -0.2) is 10.9 Å². The van der Waals surface area contributed by atoms with E-state index in [1.165, 1.54) is 32.1 Å². The molecule has 98 valence electrons. The van der Waals surface area contributed by atoms with Crippen LogP contribution >= 0.6 is 11.6 Å². The first-order valence-corrected chi connectivity index (χ1v) is 7.03. The average Bonchev–Trinajstić information content (AvgIpc) is 2.40. The second kappa shape index (κ2) is 6.74. The average molecular weight is 267 g/mol. The van der Waals surface area contributed by atoms with Crippen LogP contribution in [0, 0.1) is 5.92 Å². The first kappa shape index (κ1) is 13.3. The number of halogens is 1. The zero-order valence-electron chi connectivity index (χ0n) is 10.5. The van der Waals surface area contributed by atoms with Gasteiger partial charge in [-0.1, -0.05) is 43.7 Å². The Balaban J connectivity index is 1.73. The van der Waals surface area contributed by atoms with Crippen molar-refractivity contribution in [2.45, 2.75) is 44.9 Å². The predicted molar refractivity (Wildman–Crippen MR) is 73.7 cm³/mol. The molecule has 0 aromatic carbocycles. The highest BCUT2D eigenvalue weighted by Gasteiger charge is 2.14. The molecular formula is C14H19ClN2O. The summed E-state index contributed by atoms with van der Waals surface area (Å²) in [5, 5.41) is 3.29. The van der Waals surface area contributed by atoms with Gasteiger partial charge in [-0.25, -0.2) is 4.98 Å². The van der Waals surface area contributed by atoms with Crippen molar-refractivity contribution in [3.8, 4) is 0 Å². The van der Waals surface area contributed by atoms with E-state index in [0.29, 0.717) is 17.3 Å². The number of nitrogens with one attached hydrogen (secondary N) is 1. The standard InChI is InChI=1S/C14H19ClN2O/c15-13-8-7-12(10-16-13)17-14(18)9-6-11-4-2-1-3-5-11/h7-8,10-11H,1-6,9H2,(H,17,18). The Morgan fingerprint density at radius 3 is 2.78 bits per heavy atom. The van der Waals surface area contributed by atoms with Crippen LogP contribution in [-0.2, 0) is 4.79 Å². The van der Waals surface area contributed by atoms with E-state index in [2.05, 4.69) is 10.3 Å². The molecule has 0 saturated heterocycles. The van der Waals surface area contributed by atoms with Gasteiger partial charge in [-0.2, -0.15) is 0 Å². The van der Waals surface area contributed by atoms with Crippen LogP contribution in [0.5, 0.6) is 0 Å². The Hall–Kier alpha value is -1.09. The molecule has 1 amide bonds. The summed E-state index contributed by atoms with van der Waals surface area (Å²) in [6.45, 7) is 0. The third-order valence-corrected chi connectivity index (χ3v) is 3.74. The Morgan fingerprint density at radius 1 is 1.33 bits per heavy atom. The number of aromatic nitrogens is 1. The van der Waals surface area contributed by atoms with Gasteiger partial charge in [0.25, 0.3) is 0 Å². The molecule has 2 rings (SSSR count). The van der Waals surface area contributed by atoms with Crippen LogP contribution in [0.25, 0.3) is 0 Å². The smallest absolute Gasteiger partial charge is 0.224 e. The van der Waals surface area contributed by atoms with Crippen molar-refractivity contribution in [2.75, 3.05) is 5.32 Å². The van der Waals surface area contributed by atoms with Crippen molar-refractivity contribution < 1.29 is 4.79 Å². The first-order chi connectivity index (χ1) is 8.74. The quantitative estimate of drug-likeness (QED) is 0.836. The third kappa shape index (κ3) is 4.30. The zero-order chi connectivity index (χ0) is 12.8. The van der Waals surface area contributed by atoms with E-state index in [9.17, 15) is 4.79 Å². The van der Waals surface area contributed by atoms with E-state index < -0.39 is 0 Å². The van der Waals surface area contributed by atoms with Crippen LogP contribution in [0.1, 0.15) is 44.9 Å². The Bertz CT molecular complexity index is 385. The Morgan fingerprint density at radius 2 is 2.11 bits per heavy atom. The lowest BCUT2D eigenvalue weighted by atomic mass is 9.86. The molecule has 1 aromatic heterocycles. The summed E-state index contributed by atoms with van der Waals surface area (Å²) in [6, 6.07) is 3.45. The van der Waals surface area contributed by atoms with Crippen molar-refractivity contribution >= 4 is 23.2 Å². The number of hydrogen-bond donors (Lipinski definition) is 1. The van der Waals surface area contributed by atoms with E-state index in [0.717, 1.165) is 12.3 Å². The van der Waals surface area contributed by atoms with Crippen LogP contribution in [0.4, 0.5) is 5.69 Å². The number of pyridine rings is 1. The molecule has 1 saturated carbocycles. The van der Waals surface area contributed by atoms with Gasteiger partial charge in [0.05, 0.1) is 11.9 Å². The number of nitrogens with zero attached hydrogens (tertiary/aromatic N) is 1.